The van der Waals surface area contributed by atoms with Crippen LogP contribution in [-0.2, 0) is 30.8 Å². The second kappa shape index (κ2) is 12.1. The third-order valence-corrected chi connectivity index (χ3v) is 6.67. The standard InChI is InChI=1S/C20H21F3N6O2.C6H10F2/c21-20(22,23)6-5-18(30)25-9-12-3-4-13-14(8-12)28-16(27-13)11-26-19(31)15-10-24-17-2-1-7-29(15)17;7-6(8)4-2-1-3-5-6/h3-4,8,10H,1-2,5-7,9,11H2,(H,25,30)(H,26,31)(H,27,28);1-5H2. The molecule has 1 fully saturated rings. The predicted molar refractivity (Wildman–Crippen MR) is 133 cm³/mol. The van der Waals surface area contributed by atoms with Gasteiger partial charge in [0.25, 0.3) is 5.91 Å². The normalized spacial score (nSPS) is 16.3. The van der Waals surface area contributed by atoms with Crippen molar-refractivity contribution in [3.8, 4) is 0 Å². The van der Waals surface area contributed by atoms with E-state index in [-0.39, 0.29) is 31.8 Å². The summed E-state index contributed by atoms with van der Waals surface area (Å²) in [5.41, 5.74) is 2.65. The van der Waals surface area contributed by atoms with Crippen molar-refractivity contribution in [1.82, 2.24) is 30.2 Å². The number of aromatic amines is 1. The average Bonchev–Trinajstić information content (AvgIpc) is 3.60. The fourth-order valence-electron chi connectivity index (χ4n) is 4.61. The maximum Gasteiger partial charge on any atom is 0.389 e. The van der Waals surface area contributed by atoms with Crippen LogP contribution in [0.2, 0.25) is 0 Å². The van der Waals surface area contributed by atoms with Crippen LogP contribution in [0.5, 0.6) is 0 Å². The van der Waals surface area contributed by atoms with Crippen LogP contribution in [0.25, 0.3) is 11.0 Å². The third-order valence-electron chi connectivity index (χ3n) is 6.67. The first kappa shape index (κ1) is 28.5. The van der Waals surface area contributed by atoms with Gasteiger partial charge in [-0.3, -0.25) is 9.59 Å². The Morgan fingerprint density at radius 3 is 2.51 bits per heavy atom. The Morgan fingerprint density at radius 2 is 1.82 bits per heavy atom. The summed E-state index contributed by atoms with van der Waals surface area (Å²) in [6.45, 7) is 1.11. The Hall–Kier alpha value is -3.51. The molecule has 2 aromatic heterocycles. The van der Waals surface area contributed by atoms with Gasteiger partial charge in [0.2, 0.25) is 11.8 Å². The molecule has 3 heterocycles. The number of fused-ring (bicyclic) bond motifs is 2. The molecule has 0 bridgehead atoms. The number of hydrogen-bond acceptors (Lipinski definition) is 4. The zero-order valence-corrected chi connectivity index (χ0v) is 21.3. The van der Waals surface area contributed by atoms with Gasteiger partial charge in [0.15, 0.2) is 0 Å². The third kappa shape index (κ3) is 8.24. The first-order valence-electron chi connectivity index (χ1n) is 13.0. The van der Waals surface area contributed by atoms with E-state index >= 15 is 0 Å². The fraction of sp³-hybridized carbons (Fsp3) is 0.538. The molecule has 1 aliphatic carbocycles. The molecular weight excluding hydrogens is 523 g/mol. The highest BCUT2D eigenvalue weighted by Crippen LogP contribution is 2.32. The van der Waals surface area contributed by atoms with Crippen LogP contribution in [-0.4, -0.2) is 43.4 Å². The van der Waals surface area contributed by atoms with Crippen molar-refractivity contribution in [2.75, 3.05) is 0 Å². The second-order valence-electron chi connectivity index (χ2n) is 9.84. The number of carbonyl (C=O) groups is 2. The lowest BCUT2D eigenvalue weighted by Crippen LogP contribution is -2.25. The topological polar surface area (TPSA) is 105 Å². The van der Waals surface area contributed by atoms with Crippen LogP contribution < -0.4 is 10.6 Å². The number of rotatable bonds is 7. The van der Waals surface area contributed by atoms with Crippen molar-refractivity contribution in [2.24, 2.45) is 0 Å². The first-order valence-corrected chi connectivity index (χ1v) is 13.0. The summed E-state index contributed by atoms with van der Waals surface area (Å²) < 4.78 is 62.9. The zero-order valence-electron chi connectivity index (χ0n) is 21.3. The summed E-state index contributed by atoms with van der Waals surface area (Å²) in [6.07, 6.45) is 0.0131. The lowest BCUT2D eigenvalue weighted by atomic mass is 9.97. The van der Waals surface area contributed by atoms with Crippen LogP contribution in [0.4, 0.5) is 22.0 Å². The zero-order chi connectivity index (χ0) is 28.0. The molecule has 1 aromatic carbocycles. The molecule has 5 rings (SSSR count). The molecule has 0 unspecified atom stereocenters. The van der Waals surface area contributed by atoms with E-state index in [1.807, 2.05) is 4.57 Å². The number of aryl methyl sites for hydroxylation is 1. The van der Waals surface area contributed by atoms with Crippen molar-refractivity contribution in [3.63, 3.8) is 0 Å². The van der Waals surface area contributed by atoms with Gasteiger partial charge in [0.05, 0.1) is 30.2 Å². The summed E-state index contributed by atoms with van der Waals surface area (Å²) in [7, 11) is 0. The monoisotopic (exact) mass is 554 g/mol. The van der Waals surface area contributed by atoms with E-state index < -0.39 is 30.8 Å². The van der Waals surface area contributed by atoms with E-state index in [2.05, 4.69) is 25.6 Å². The van der Waals surface area contributed by atoms with Crippen LogP contribution in [0, 0.1) is 0 Å². The Morgan fingerprint density at radius 1 is 1.05 bits per heavy atom. The minimum absolute atomic E-state index is 0.115. The smallest absolute Gasteiger partial charge is 0.352 e. The number of benzene rings is 1. The van der Waals surface area contributed by atoms with Gasteiger partial charge in [-0.25, -0.2) is 18.7 Å². The summed E-state index contributed by atoms with van der Waals surface area (Å²) in [5, 5.41) is 5.31. The molecule has 212 valence electrons. The average molecular weight is 555 g/mol. The molecular formula is C26H31F5N6O2. The van der Waals surface area contributed by atoms with Crippen molar-refractivity contribution < 1.29 is 31.5 Å². The number of imidazole rings is 2. The van der Waals surface area contributed by atoms with Crippen LogP contribution in [0.15, 0.2) is 24.4 Å². The van der Waals surface area contributed by atoms with Gasteiger partial charge in [0.1, 0.15) is 17.3 Å². The molecule has 2 aliphatic rings. The lowest BCUT2D eigenvalue weighted by Gasteiger charge is -2.20. The molecule has 1 aliphatic heterocycles. The molecule has 13 heteroatoms. The molecule has 3 aromatic rings. The van der Waals surface area contributed by atoms with Crippen molar-refractivity contribution in [3.05, 3.63) is 47.3 Å². The second-order valence-corrected chi connectivity index (χ2v) is 9.84. The number of aromatic nitrogens is 4. The highest BCUT2D eigenvalue weighted by Gasteiger charge is 2.30. The minimum atomic E-state index is -4.35. The number of alkyl halides is 5. The lowest BCUT2D eigenvalue weighted by molar-refractivity contribution is -0.144. The maximum absolute atomic E-state index is 12.4. The summed E-state index contributed by atoms with van der Waals surface area (Å²) >= 11 is 0. The number of amides is 2. The number of hydrogen-bond donors (Lipinski definition) is 3. The van der Waals surface area contributed by atoms with Gasteiger partial charge < -0.3 is 20.2 Å². The SMILES string of the molecule is FC1(F)CCCCC1.O=C(CCC(F)(F)F)NCc1ccc2nc(CNC(=O)c3cnc4n3CCC4)[nH]c2c1. The molecule has 0 atom stereocenters. The van der Waals surface area contributed by atoms with Crippen molar-refractivity contribution in [1.29, 1.82) is 0 Å². The molecule has 0 radical (unpaired) electrons. The fourth-order valence-corrected chi connectivity index (χ4v) is 4.61. The van der Waals surface area contributed by atoms with E-state index in [0.717, 1.165) is 37.2 Å². The summed E-state index contributed by atoms with van der Waals surface area (Å²) in [6, 6.07) is 5.25. The number of halogens is 5. The molecule has 39 heavy (non-hydrogen) atoms. The Balaban J connectivity index is 0.000000379. The van der Waals surface area contributed by atoms with E-state index in [9.17, 15) is 31.5 Å². The van der Waals surface area contributed by atoms with Crippen LogP contribution in [0.3, 0.4) is 0 Å². The Labute approximate surface area is 221 Å². The largest absolute Gasteiger partial charge is 0.389 e. The molecule has 8 nitrogen and oxygen atoms in total. The van der Waals surface area contributed by atoms with Crippen molar-refractivity contribution in [2.45, 2.75) is 89.5 Å². The number of H-pyrrole nitrogens is 1. The van der Waals surface area contributed by atoms with E-state index in [0.29, 0.717) is 35.4 Å². The van der Waals surface area contributed by atoms with E-state index in [1.165, 1.54) is 0 Å². The molecule has 2 amide bonds. The number of carbonyl (C=O) groups excluding carboxylic acids is 2. The van der Waals surface area contributed by atoms with Crippen LogP contribution >= 0.6 is 0 Å². The molecule has 3 N–H and O–H groups in total. The Kier molecular flexibility index (Phi) is 8.86. The number of nitrogens with zero attached hydrogens (tertiary/aromatic N) is 3. The highest BCUT2D eigenvalue weighted by atomic mass is 19.4. The van der Waals surface area contributed by atoms with Crippen LogP contribution in [0.1, 0.15) is 79.1 Å². The van der Waals surface area contributed by atoms with E-state index in [4.69, 9.17) is 0 Å². The van der Waals surface area contributed by atoms with Gasteiger partial charge in [-0.15, -0.1) is 0 Å². The van der Waals surface area contributed by atoms with Crippen molar-refractivity contribution >= 4 is 22.8 Å². The van der Waals surface area contributed by atoms with Gasteiger partial charge >= 0.3 is 6.18 Å². The van der Waals surface area contributed by atoms with Gasteiger partial charge in [-0.05, 0) is 37.0 Å². The highest BCUT2D eigenvalue weighted by molar-refractivity contribution is 5.92. The molecule has 0 spiro atoms. The predicted octanol–water partition coefficient (Wildman–Crippen LogP) is 5.18. The summed E-state index contributed by atoms with van der Waals surface area (Å²) in [5.74, 6) is -1.71. The quantitative estimate of drug-likeness (QED) is 0.350. The number of nitrogens with one attached hydrogen (secondary N) is 3. The maximum atomic E-state index is 12.4. The van der Waals surface area contributed by atoms with Gasteiger partial charge in [-0.1, -0.05) is 12.5 Å². The first-order chi connectivity index (χ1) is 18.5. The minimum Gasteiger partial charge on any atom is -0.352 e. The van der Waals surface area contributed by atoms with Gasteiger partial charge in [-0.2, -0.15) is 13.2 Å². The Bertz CT molecular complexity index is 1290. The van der Waals surface area contributed by atoms with E-state index in [1.54, 1.807) is 24.4 Å². The molecule has 1 saturated carbocycles. The molecule has 0 saturated heterocycles. The van der Waals surface area contributed by atoms with Gasteiger partial charge in [0, 0.05) is 38.8 Å². The summed E-state index contributed by atoms with van der Waals surface area (Å²) in [4.78, 5) is 35.8.